The molecule has 1 unspecified atom stereocenters. The zero-order valence-corrected chi connectivity index (χ0v) is 8.46. The summed E-state index contributed by atoms with van der Waals surface area (Å²) in [5, 5.41) is 3.37. The highest BCUT2D eigenvalue weighted by atomic mass is 32.2. The van der Waals surface area contributed by atoms with Gasteiger partial charge in [-0.1, -0.05) is 0 Å². The van der Waals surface area contributed by atoms with Crippen molar-refractivity contribution in [1.82, 2.24) is 5.32 Å². The molecule has 0 radical (unpaired) electrons. The van der Waals surface area contributed by atoms with Crippen LogP contribution in [-0.2, 0) is 9.84 Å². The van der Waals surface area contributed by atoms with Crippen molar-refractivity contribution in [2.24, 2.45) is 0 Å². The molecule has 2 rings (SSSR count). The van der Waals surface area contributed by atoms with Crippen LogP contribution in [0.2, 0.25) is 0 Å². The number of hydrogen-bond acceptors (Lipinski definition) is 4. The molecule has 0 aliphatic carbocycles. The molecule has 1 atom stereocenters. The molecule has 2 aliphatic rings. The summed E-state index contributed by atoms with van der Waals surface area (Å²) in [7, 11) is -2.64. The van der Waals surface area contributed by atoms with Crippen LogP contribution in [0.4, 0.5) is 0 Å². The van der Waals surface area contributed by atoms with Crippen molar-refractivity contribution in [3.05, 3.63) is 0 Å². The third-order valence-electron chi connectivity index (χ3n) is 2.31. The van der Waals surface area contributed by atoms with Gasteiger partial charge in [-0.15, -0.1) is 0 Å². The fraction of sp³-hybridized carbons (Fsp3) is 1.00. The monoisotopic (exact) mass is 207 g/mol. The van der Waals surface area contributed by atoms with Gasteiger partial charge in [0.25, 0.3) is 0 Å². The van der Waals surface area contributed by atoms with Gasteiger partial charge in [0.1, 0.15) is 0 Å². The molecular weight excluding hydrogens is 194 g/mol. The molecule has 12 heavy (non-hydrogen) atoms. The first-order valence-corrected chi connectivity index (χ1v) is 7.17. The third-order valence-corrected chi connectivity index (χ3v) is 5.29. The van der Waals surface area contributed by atoms with Crippen LogP contribution in [0.25, 0.3) is 0 Å². The summed E-state index contributed by atoms with van der Waals surface area (Å²) in [5.41, 5.74) is 0. The van der Waals surface area contributed by atoms with E-state index in [0.717, 1.165) is 5.75 Å². The van der Waals surface area contributed by atoms with Crippen LogP contribution in [0.5, 0.6) is 0 Å². The van der Waals surface area contributed by atoms with Gasteiger partial charge in [0.15, 0.2) is 9.84 Å². The van der Waals surface area contributed by atoms with Crippen molar-refractivity contribution in [2.75, 3.05) is 23.0 Å². The minimum absolute atomic E-state index is 0.249. The lowest BCUT2D eigenvalue weighted by Crippen LogP contribution is -2.54. The Morgan fingerprint density at radius 2 is 2.00 bits per heavy atom. The Bertz CT molecular complexity index is 245. The Labute approximate surface area is 77.2 Å². The van der Waals surface area contributed by atoms with E-state index < -0.39 is 9.84 Å². The fourth-order valence-electron chi connectivity index (χ4n) is 1.66. The average Bonchev–Trinajstić information content (AvgIpc) is 2.35. The second-order valence-corrected chi connectivity index (χ2v) is 6.80. The van der Waals surface area contributed by atoms with Crippen LogP contribution in [0, 0.1) is 0 Å². The molecule has 0 bridgehead atoms. The van der Waals surface area contributed by atoms with Crippen LogP contribution >= 0.6 is 11.8 Å². The maximum absolute atomic E-state index is 10.8. The smallest absolute Gasteiger partial charge is 0.153 e. The molecule has 2 fully saturated rings. The van der Waals surface area contributed by atoms with Crippen LogP contribution < -0.4 is 5.32 Å². The maximum Gasteiger partial charge on any atom is 0.153 e. The lowest BCUT2D eigenvalue weighted by molar-refractivity contribution is 0.463. The third kappa shape index (κ3) is 1.95. The standard InChI is InChI=1S/C7H13NO2S2/c9-12(10)4-7(5-12)8-6-1-2-11-3-6/h6-8H,1-5H2. The number of hydrogen-bond donors (Lipinski definition) is 1. The highest BCUT2D eigenvalue weighted by Crippen LogP contribution is 2.19. The quantitative estimate of drug-likeness (QED) is 0.685. The summed E-state index contributed by atoms with van der Waals surface area (Å²) in [4.78, 5) is 0. The Morgan fingerprint density at radius 3 is 2.50 bits per heavy atom. The molecule has 0 aromatic carbocycles. The molecule has 70 valence electrons. The minimum atomic E-state index is -2.64. The normalized spacial score (nSPS) is 34.8. The first-order chi connectivity index (χ1) is 5.66. The van der Waals surface area contributed by atoms with Gasteiger partial charge >= 0.3 is 0 Å². The number of nitrogens with one attached hydrogen (secondary N) is 1. The van der Waals surface area contributed by atoms with E-state index in [0.29, 0.717) is 17.5 Å². The first kappa shape index (κ1) is 8.84. The molecule has 2 aliphatic heterocycles. The molecule has 0 amide bonds. The SMILES string of the molecule is O=S1(=O)CC(NC2CCSC2)C1. The summed E-state index contributed by atoms with van der Waals surface area (Å²) in [6.45, 7) is 0. The maximum atomic E-state index is 10.8. The van der Waals surface area contributed by atoms with E-state index in [9.17, 15) is 8.42 Å². The zero-order valence-electron chi connectivity index (χ0n) is 6.82. The molecule has 0 aromatic rings. The average molecular weight is 207 g/mol. The van der Waals surface area contributed by atoms with Crippen LogP contribution in [-0.4, -0.2) is 43.5 Å². The van der Waals surface area contributed by atoms with Gasteiger partial charge in [0, 0.05) is 17.8 Å². The molecular formula is C7H13NO2S2. The van der Waals surface area contributed by atoms with E-state index in [2.05, 4.69) is 5.32 Å². The van der Waals surface area contributed by atoms with Crippen LogP contribution in [0.15, 0.2) is 0 Å². The van der Waals surface area contributed by atoms with Gasteiger partial charge in [-0.05, 0) is 12.2 Å². The molecule has 0 saturated carbocycles. The highest BCUT2D eigenvalue weighted by molar-refractivity contribution is 7.99. The topological polar surface area (TPSA) is 46.2 Å². The van der Waals surface area contributed by atoms with Gasteiger partial charge in [-0.25, -0.2) is 8.42 Å². The molecule has 5 heteroatoms. The molecule has 0 spiro atoms. The molecule has 2 heterocycles. The number of rotatable bonds is 2. The lowest BCUT2D eigenvalue weighted by atomic mass is 10.2. The summed E-state index contributed by atoms with van der Waals surface area (Å²) in [5.74, 6) is 3.08. The fourth-order valence-corrected chi connectivity index (χ4v) is 4.15. The summed E-state index contributed by atoms with van der Waals surface area (Å²) in [6, 6.07) is 0.814. The van der Waals surface area contributed by atoms with E-state index in [4.69, 9.17) is 0 Å². The Balaban J connectivity index is 1.75. The Kier molecular flexibility index (Phi) is 2.35. The highest BCUT2D eigenvalue weighted by Gasteiger charge is 2.34. The van der Waals surface area contributed by atoms with E-state index >= 15 is 0 Å². The Morgan fingerprint density at radius 1 is 1.25 bits per heavy atom. The molecule has 1 N–H and O–H groups in total. The van der Waals surface area contributed by atoms with Crippen molar-refractivity contribution >= 4 is 21.6 Å². The van der Waals surface area contributed by atoms with Crippen LogP contribution in [0.1, 0.15) is 6.42 Å². The van der Waals surface area contributed by atoms with Crippen molar-refractivity contribution in [1.29, 1.82) is 0 Å². The number of sulfone groups is 1. The van der Waals surface area contributed by atoms with Gasteiger partial charge in [0.05, 0.1) is 11.5 Å². The largest absolute Gasteiger partial charge is 0.308 e. The first-order valence-electron chi connectivity index (χ1n) is 4.20. The van der Waals surface area contributed by atoms with Gasteiger partial charge in [-0.3, -0.25) is 0 Å². The van der Waals surface area contributed by atoms with Gasteiger partial charge < -0.3 is 5.32 Å². The summed E-state index contributed by atoms with van der Waals surface area (Å²) in [6.07, 6.45) is 1.20. The molecule has 2 saturated heterocycles. The molecule has 3 nitrogen and oxygen atoms in total. The summed E-state index contributed by atoms with van der Waals surface area (Å²) < 4.78 is 21.7. The number of thioether (sulfide) groups is 1. The van der Waals surface area contributed by atoms with Crippen molar-refractivity contribution in [3.8, 4) is 0 Å². The van der Waals surface area contributed by atoms with Crippen LogP contribution in [0.3, 0.4) is 0 Å². The van der Waals surface area contributed by atoms with Crippen molar-refractivity contribution in [2.45, 2.75) is 18.5 Å². The Hall–Kier alpha value is 0.260. The van der Waals surface area contributed by atoms with E-state index in [-0.39, 0.29) is 6.04 Å². The molecule has 0 aromatic heterocycles. The van der Waals surface area contributed by atoms with E-state index in [1.54, 1.807) is 0 Å². The van der Waals surface area contributed by atoms with Gasteiger partial charge in [0.2, 0.25) is 0 Å². The summed E-state index contributed by atoms with van der Waals surface area (Å²) >= 11 is 1.95. The predicted octanol–water partition coefficient (Wildman–Crippen LogP) is -0.122. The zero-order chi connectivity index (χ0) is 8.60. The second kappa shape index (κ2) is 3.20. The second-order valence-electron chi connectivity index (χ2n) is 3.50. The van der Waals surface area contributed by atoms with Gasteiger partial charge in [-0.2, -0.15) is 11.8 Å². The predicted molar refractivity (Wildman–Crippen MR) is 51.3 cm³/mol. The lowest BCUT2D eigenvalue weighted by Gasteiger charge is -2.29. The van der Waals surface area contributed by atoms with Crippen molar-refractivity contribution < 1.29 is 8.42 Å². The van der Waals surface area contributed by atoms with Crippen molar-refractivity contribution in [3.63, 3.8) is 0 Å². The minimum Gasteiger partial charge on any atom is -0.308 e. The van der Waals surface area contributed by atoms with E-state index in [1.165, 1.54) is 12.2 Å². The van der Waals surface area contributed by atoms with E-state index in [1.807, 2.05) is 11.8 Å².